The van der Waals surface area contributed by atoms with E-state index in [0.717, 1.165) is 12.8 Å². The minimum atomic E-state index is -0.649. The van der Waals surface area contributed by atoms with Crippen LogP contribution >= 0.6 is 9.24 Å². The first-order valence-corrected chi connectivity index (χ1v) is 8.54. The van der Waals surface area contributed by atoms with Crippen molar-refractivity contribution in [3.8, 4) is 0 Å². The molecule has 1 aromatic carbocycles. The fraction of sp³-hybridized carbons (Fsp3) is 0.412. The molecular weight excluding hydrogens is 330 g/mol. The summed E-state index contributed by atoms with van der Waals surface area (Å²) in [5.74, 6) is -1.22. The minimum Gasteiger partial charge on any atom is -0.391 e. The number of benzene rings is 1. The van der Waals surface area contributed by atoms with E-state index >= 15 is 0 Å². The summed E-state index contributed by atoms with van der Waals surface area (Å²) in [7, 11) is 4.13. The molecule has 1 heterocycles. The van der Waals surface area contributed by atoms with Gasteiger partial charge in [0.05, 0.1) is 23.0 Å². The smallest absolute Gasteiger partial charge is 0.257 e. The van der Waals surface area contributed by atoms with Crippen molar-refractivity contribution < 1.29 is 14.3 Å². The number of carbonyl (C=O) groups excluding carboxylic acids is 1. The highest BCUT2D eigenvalue weighted by molar-refractivity contribution is 7.28. The van der Waals surface area contributed by atoms with Gasteiger partial charge in [-0.1, -0.05) is 18.9 Å². The number of aliphatic hydroxyl groups excluding tert-OH is 1. The maximum absolute atomic E-state index is 14.2. The molecule has 0 aliphatic heterocycles. The van der Waals surface area contributed by atoms with E-state index in [4.69, 9.17) is 0 Å². The molecule has 3 atom stereocenters. The number of pyridine rings is 1. The van der Waals surface area contributed by atoms with Gasteiger partial charge in [-0.3, -0.25) is 9.59 Å². The highest BCUT2D eigenvalue weighted by atomic mass is 31.0. The monoisotopic (exact) mass is 350 g/mol. The Morgan fingerprint density at radius 1 is 1.38 bits per heavy atom. The SMILES string of the molecule is Cn1cc(C(=O)N[C@H]2CCCCC2O)c(=O)c2c(F)ccc(P)c21. The Kier molecular flexibility index (Phi) is 4.70. The number of carbonyl (C=O) groups is 1. The molecular formula is C17H20FN2O3P. The molecule has 0 spiro atoms. The van der Waals surface area contributed by atoms with E-state index in [1.54, 1.807) is 17.7 Å². The van der Waals surface area contributed by atoms with Crippen LogP contribution in [0.1, 0.15) is 36.0 Å². The van der Waals surface area contributed by atoms with Gasteiger partial charge in [0.25, 0.3) is 5.91 Å². The molecule has 0 saturated heterocycles. The summed E-state index contributed by atoms with van der Waals surface area (Å²) in [4.78, 5) is 25.1. The average molecular weight is 350 g/mol. The van der Waals surface area contributed by atoms with Gasteiger partial charge in [0.15, 0.2) is 0 Å². The van der Waals surface area contributed by atoms with E-state index < -0.39 is 23.3 Å². The predicted octanol–water partition coefficient (Wildman–Crippen LogP) is 1.21. The van der Waals surface area contributed by atoms with Crippen LogP contribution in [-0.4, -0.2) is 27.7 Å². The maximum Gasteiger partial charge on any atom is 0.257 e. The Bertz CT molecular complexity index is 865. The lowest BCUT2D eigenvalue weighted by atomic mass is 9.92. The topological polar surface area (TPSA) is 71.3 Å². The first-order valence-electron chi connectivity index (χ1n) is 7.96. The lowest BCUT2D eigenvalue weighted by molar-refractivity contribution is 0.0716. The zero-order valence-electron chi connectivity index (χ0n) is 13.4. The number of fused-ring (bicyclic) bond motifs is 1. The molecule has 1 fully saturated rings. The van der Waals surface area contributed by atoms with Crippen LogP contribution in [0, 0.1) is 5.82 Å². The van der Waals surface area contributed by atoms with Crippen LogP contribution in [0.2, 0.25) is 0 Å². The van der Waals surface area contributed by atoms with Crippen molar-refractivity contribution >= 4 is 31.4 Å². The highest BCUT2D eigenvalue weighted by Crippen LogP contribution is 2.19. The molecule has 1 aliphatic rings. The molecule has 1 saturated carbocycles. The fourth-order valence-corrected chi connectivity index (χ4v) is 3.76. The molecule has 2 unspecified atom stereocenters. The largest absolute Gasteiger partial charge is 0.391 e. The zero-order valence-corrected chi connectivity index (χ0v) is 14.5. The average Bonchev–Trinajstić information content (AvgIpc) is 2.55. The number of nitrogens with zero attached hydrogens (tertiary/aromatic N) is 1. The summed E-state index contributed by atoms with van der Waals surface area (Å²) in [6, 6.07) is 2.42. The first kappa shape index (κ1) is 17.1. The Morgan fingerprint density at radius 3 is 2.79 bits per heavy atom. The molecule has 3 rings (SSSR count). The Hall–Kier alpha value is -1.78. The molecule has 5 nitrogen and oxygen atoms in total. The van der Waals surface area contributed by atoms with Crippen LogP contribution in [0.15, 0.2) is 23.1 Å². The van der Waals surface area contributed by atoms with Crippen molar-refractivity contribution in [2.24, 2.45) is 7.05 Å². The zero-order chi connectivity index (χ0) is 17.4. The van der Waals surface area contributed by atoms with Gasteiger partial charge >= 0.3 is 0 Å². The molecule has 1 aromatic heterocycles. The molecule has 0 radical (unpaired) electrons. The van der Waals surface area contributed by atoms with E-state index in [1.807, 2.05) is 0 Å². The van der Waals surface area contributed by atoms with Crippen molar-refractivity contribution in [2.75, 3.05) is 0 Å². The van der Waals surface area contributed by atoms with Gasteiger partial charge in [0, 0.05) is 13.2 Å². The van der Waals surface area contributed by atoms with Crippen molar-refractivity contribution in [2.45, 2.75) is 37.8 Å². The van der Waals surface area contributed by atoms with E-state index in [-0.39, 0.29) is 17.0 Å². The standard InChI is InChI=1S/C17H20FN2O3P/c1-20-8-9(17(23)19-11-4-2-3-5-12(11)21)16(22)14-10(18)6-7-13(24)15(14)20/h6-8,11-12,21H,2-5,24H2,1H3,(H,19,23)/t11-,12?/m0/s1. The summed E-state index contributed by atoms with van der Waals surface area (Å²) < 4.78 is 15.8. The molecule has 7 heteroatoms. The van der Waals surface area contributed by atoms with Crippen LogP contribution < -0.4 is 16.1 Å². The van der Waals surface area contributed by atoms with Crippen LogP contribution in [0.25, 0.3) is 10.9 Å². The summed E-state index contributed by atoms with van der Waals surface area (Å²) in [6.07, 6.45) is 3.96. The van der Waals surface area contributed by atoms with Gasteiger partial charge < -0.3 is 15.0 Å². The predicted molar refractivity (Wildman–Crippen MR) is 94.2 cm³/mol. The van der Waals surface area contributed by atoms with E-state index in [2.05, 4.69) is 14.6 Å². The second kappa shape index (κ2) is 6.61. The normalized spacial score (nSPS) is 21.0. The van der Waals surface area contributed by atoms with Gasteiger partial charge in [-0.15, -0.1) is 9.24 Å². The maximum atomic E-state index is 14.2. The van der Waals surface area contributed by atoms with Crippen LogP contribution in [0.3, 0.4) is 0 Å². The van der Waals surface area contributed by atoms with Gasteiger partial charge in [0.2, 0.25) is 5.43 Å². The highest BCUT2D eigenvalue weighted by Gasteiger charge is 2.26. The molecule has 24 heavy (non-hydrogen) atoms. The van der Waals surface area contributed by atoms with Crippen molar-refractivity contribution in [1.82, 2.24) is 9.88 Å². The van der Waals surface area contributed by atoms with Crippen molar-refractivity contribution in [3.63, 3.8) is 0 Å². The van der Waals surface area contributed by atoms with Gasteiger partial charge in [-0.2, -0.15) is 0 Å². The molecule has 1 aliphatic carbocycles. The fourth-order valence-electron chi connectivity index (χ4n) is 3.32. The van der Waals surface area contributed by atoms with E-state index in [9.17, 15) is 19.1 Å². The number of nitrogens with one attached hydrogen (secondary N) is 1. The number of aromatic nitrogens is 1. The number of amides is 1. The molecule has 2 aromatic rings. The number of aliphatic hydroxyl groups is 1. The van der Waals surface area contributed by atoms with E-state index in [0.29, 0.717) is 23.7 Å². The number of aryl methyl sites for hydroxylation is 1. The molecule has 1 amide bonds. The first-order chi connectivity index (χ1) is 11.4. The van der Waals surface area contributed by atoms with Gasteiger partial charge in [0.1, 0.15) is 11.4 Å². The third kappa shape index (κ3) is 2.96. The number of hydrogen-bond donors (Lipinski definition) is 2. The van der Waals surface area contributed by atoms with Crippen molar-refractivity contribution in [3.05, 3.63) is 39.9 Å². The van der Waals surface area contributed by atoms with Crippen LogP contribution in [-0.2, 0) is 7.05 Å². The molecule has 128 valence electrons. The number of hydrogen-bond acceptors (Lipinski definition) is 3. The summed E-state index contributed by atoms with van der Waals surface area (Å²) in [6.45, 7) is 0. The lowest BCUT2D eigenvalue weighted by Gasteiger charge is -2.28. The summed E-state index contributed by atoms with van der Waals surface area (Å²) in [5.41, 5.74) is -0.302. The number of rotatable bonds is 2. The van der Waals surface area contributed by atoms with Gasteiger partial charge in [-0.25, -0.2) is 4.39 Å². The number of halogens is 1. The Morgan fingerprint density at radius 2 is 2.08 bits per heavy atom. The second-order valence-electron chi connectivity index (χ2n) is 6.27. The second-order valence-corrected chi connectivity index (χ2v) is 6.90. The Labute approximate surface area is 141 Å². The van der Waals surface area contributed by atoms with Crippen molar-refractivity contribution in [1.29, 1.82) is 0 Å². The molecule has 0 bridgehead atoms. The Balaban J connectivity index is 2.04. The lowest BCUT2D eigenvalue weighted by Crippen LogP contribution is -2.46. The third-order valence-electron chi connectivity index (χ3n) is 4.60. The van der Waals surface area contributed by atoms with Gasteiger partial charge in [-0.05, 0) is 24.2 Å². The quantitative estimate of drug-likeness (QED) is 0.800. The van der Waals surface area contributed by atoms with Crippen LogP contribution in [0.4, 0.5) is 4.39 Å². The van der Waals surface area contributed by atoms with E-state index in [1.165, 1.54) is 12.3 Å². The summed E-state index contributed by atoms with van der Waals surface area (Å²) >= 11 is 0. The van der Waals surface area contributed by atoms with Crippen LogP contribution in [0.5, 0.6) is 0 Å². The third-order valence-corrected chi connectivity index (χ3v) is 5.06. The molecule has 2 N–H and O–H groups in total. The summed E-state index contributed by atoms with van der Waals surface area (Å²) in [5, 5.41) is 13.3. The minimum absolute atomic E-state index is 0.0955.